The molecule has 1 aliphatic rings. The van der Waals surface area contributed by atoms with Gasteiger partial charge < -0.3 is 5.73 Å². The van der Waals surface area contributed by atoms with Gasteiger partial charge in [-0.05, 0) is 43.5 Å². The van der Waals surface area contributed by atoms with Gasteiger partial charge in [-0.3, -0.25) is 9.88 Å². The smallest absolute Gasteiger partial charge is 0.0702 e. The summed E-state index contributed by atoms with van der Waals surface area (Å²) in [6, 6.07) is 11.6. The van der Waals surface area contributed by atoms with Crippen molar-refractivity contribution >= 4 is 10.9 Å². The number of nitrogens with zero attached hydrogens (tertiary/aromatic N) is 2. The lowest BCUT2D eigenvalue weighted by Crippen LogP contribution is -2.44. The number of pyridine rings is 1. The van der Waals surface area contributed by atoms with Crippen LogP contribution < -0.4 is 5.73 Å². The van der Waals surface area contributed by atoms with E-state index in [0.29, 0.717) is 12.1 Å². The molecule has 100 valence electrons. The highest BCUT2D eigenvalue weighted by atomic mass is 15.2. The third kappa shape index (κ3) is 2.77. The Balaban J connectivity index is 1.77. The molecule has 0 bridgehead atoms. The number of fused-ring (bicyclic) bond motifs is 1. The molecule has 1 aromatic carbocycles. The summed E-state index contributed by atoms with van der Waals surface area (Å²) in [7, 11) is 0. The first-order chi connectivity index (χ1) is 9.22. The largest absolute Gasteiger partial charge is 0.328 e. The van der Waals surface area contributed by atoms with Crippen LogP contribution in [0.25, 0.3) is 10.9 Å². The van der Waals surface area contributed by atoms with E-state index in [4.69, 9.17) is 5.73 Å². The maximum Gasteiger partial charge on any atom is 0.0702 e. The summed E-state index contributed by atoms with van der Waals surface area (Å²) in [5, 5.41) is 1.22. The van der Waals surface area contributed by atoms with Crippen molar-refractivity contribution in [1.29, 1.82) is 0 Å². The van der Waals surface area contributed by atoms with Crippen LogP contribution in [-0.4, -0.2) is 28.5 Å². The van der Waals surface area contributed by atoms with Gasteiger partial charge in [-0.1, -0.05) is 12.1 Å². The minimum absolute atomic E-state index is 0.382. The van der Waals surface area contributed by atoms with Gasteiger partial charge in [0.2, 0.25) is 0 Å². The van der Waals surface area contributed by atoms with E-state index in [1.807, 2.05) is 12.3 Å². The van der Waals surface area contributed by atoms with Gasteiger partial charge in [0.1, 0.15) is 0 Å². The van der Waals surface area contributed by atoms with Gasteiger partial charge in [0.25, 0.3) is 0 Å². The fourth-order valence-corrected chi connectivity index (χ4v) is 2.95. The Hall–Kier alpha value is -1.45. The second kappa shape index (κ2) is 5.27. The van der Waals surface area contributed by atoms with Crippen LogP contribution in [0, 0.1) is 0 Å². The van der Waals surface area contributed by atoms with E-state index in [-0.39, 0.29) is 0 Å². The van der Waals surface area contributed by atoms with Crippen molar-refractivity contribution in [3.8, 4) is 0 Å². The number of benzene rings is 1. The Kier molecular flexibility index (Phi) is 3.49. The number of nitrogens with two attached hydrogens (primary N) is 1. The van der Waals surface area contributed by atoms with Gasteiger partial charge in [0, 0.05) is 36.8 Å². The highest BCUT2D eigenvalue weighted by Gasteiger charge is 2.22. The number of likely N-dealkylation sites (tertiary alicyclic amines) is 1. The summed E-state index contributed by atoms with van der Waals surface area (Å²) in [4.78, 5) is 6.89. The first-order valence-electron chi connectivity index (χ1n) is 7.05. The molecule has 2 atom stereocenters. The van der Waals surface area contributed by atoms with Crippen molar-refractivity contribution in [3.05, 3.63) is 42.1 Å². The topological polar surface area (TPSA) is 42.1 Å². The maximum atomic E-state index is 6.02. The van der Waals surface area contributed by atoms with Crippen LogP contribution in [0.4, 0.5) is 0 Å². The van der Waals surface area contributed by atoms with E-state index >= 15 is 0 Å². The summed E-state index contributed by atoms with van der Waals surface area (Å²) in [6.45, 7) is 4.40. The summed E-state index contributed by atoms with van der Waals surface area (Å²) >= 11 is 0. The molecule has 3 rings (SSSR count). The normalized spacial score (nSPS) is 24.7. The number of hydrogen-bond acceptors (Lipinski definition) is 3. The monoisotopic (exact) mass is 255 g/mol. The highest BCUT2D eigenvalue weighted by Crippen LogP contribution is 2.20. The predicted molar refractivity (Wildman–Crippen MR) is 78.8 cm³/mol. The molecule has 0 amide bonds. The molecule has 0 saturated carbocycles. The van der Waals surface area contributed by atoms with Gasteiger partial charge in [-0.25, -0.2) is 0 Å². The van der Waals surface area contributed by atoms with Gasteiger partial charge in [0.05, 0.1) is 5.52 Å². The zero-order chi connectivity index (χ0) is 13.2. The van der Waals surface area contributed by atoms with Crippen LogP contribution in [0.15, 0.2) is 36.5 Å². The van der Waals surface area contributed by atoms with E-state index in [1.54, 1.807) is 0 Å². The summed E-state index contributed by atoms with van der Waals surface area (Å²) in [5.74, 6) is 0. The highest BCUT2D eigenvalue weighted by molar-refractivity contribution is 5.78. The Morgan fingerprint density at radius 2 is 2.26 bits per heavy atom. The van der Waals surface area contributed by atoms with E-state index in [9.17, 15) is 0 Å². The first-order valence-corrected chi connectivity index (χ1v) is 7.05. The van der Waals surface area contributed by atoms with Crippen LogP contribution in [0.5, 0.6) is 0 Å². The molecule has 3 heteroatoms. The van der Waals surface area contributed by atoms with E-state index in [0.717, 1.165) is 31.4 Å². The molecule has 2 heterocycles. The van der Waals surface area contributed by atoms with Crippen LogP contribution in [0.2, 0.25) is 0 Å². The maximum absolute atomic E-state index is 6.02. The number of hydrogen-bond donors (Lipinski definition) is 1. The van der Waals surface area contributed by atoms with Crippen molar-refractivity contribution in [2.24, 2.45) is 5.73 Å². The molecule has 2 unspecified atom stereocenters. The lowest BCUT2D eigenvalue weighted by atomic mass is 9.98. The summed E-state index contributed by atoms with van der Waals surface area (Å²) in [5.41, 5.74) is 8.45. The van der Waals surface area contributed by atoms with Gasteiger partial charge >= 0.3 is 0 Å². The van der Waals surface area contributed by atoms with Crippen LogP contribution in [-0.2, 0) is 6.54 Å². The van der Waals surface area contributed by atoms with Crippen LogP contribution >= 0.6 is 0 Å². The van der Waals surface area contributed by atoms with Crippen LogP contribution in [0.1, 0.15) is 25.3 Å². The molecular formula is C16H21N3. The Bertz CT molecular complexity index is 567. The second-order valence-electron chi connectivity index (χ2n) is 5.63. The molecule has 2 N–H and O–H groups in total. The zero-order valence-corrected chi connectivity index (χ0v) is 11.4. The molecular weight excluding hydrogens is 234 g/mol. The van der Waals surface area contributed by atoms with E-state index < -0.39 is 0 Å². The van der Waals surface area contributed by atoms with E-state index in [1.165, 1.54) is 10.9 Å². The average molecular weight is 255 g/mol. The minimum Gasteiger partial charge on any atom is -0.328 e. The summed E-state index contributed by atoms with van der Waals surface area (Å²) in [6.07, 6.45) is 4.06. The number of rotatable bonds is 2. The fourth-order valence-electron chi connectivity index (χ4n) is 2.95. The molecule has 1 aromatic heterocycles. The van der Waals surface area contributed by atoms with Crippen molar-refractivity contribution < 1.29 is 0 Å². The molecule has 3 nitrogen and oxygen atoms in total. The zero-order valence-electron chi connectivity index (χ0n) is 11.4. The third-order valence-electron chi connectivity index (χ3n) is 4.11. The standard InChI is InChI=1S/C16H21N3/c1-12-9-15(17)6-8-19(12)11-13-4-5-16-14(10-13)3-2-7-18-16/h2-5,7,10,12,15H,6,8-9,11,17H2,1H3. The average Bonchev–Trinajstić information content (AvgIpc) is 2.42. The van der Waals surface area contributed by atoms with Crippen molar-refractivity contribution in [1.82, 2.24) is 9.88 Å². The lowest BCUT2D eigenvalue weighted by Gasteiger charge is -2.36. The van der Waals surface area contributed by atoms with Crippen molar-refractivity contribution in [2.45, 2.75) is 38.4 Å². The van der Waals surface area contributed by atoms with Gasteiger partial charge in [-0.15, -0.1) is 0 Å². The second-order valence-corrected chi connectivity index (χ2v) is 5.63. The van der Waals surface area contributed by atoms with Crippen molar-refractivity contribution in [3.63, 3.8) is 0 Å². The summed E-state index contributed by atoms with van der Waals surface area (Å²) < 4.78 is 0. The molecule has 19 heavy (non-hydrogen) atoms. The predicted octanol–water partition coefficient (Wildman–Crippen LogP) is 2.55. The Morgan fingerprint density at radius 1 is 1.37 bits per heavy atom. The molecule has 2 aromatic rings. The fraction of sp³-hybridized carbons (Fsp3) is 0.438. The van der Waals surface area contributed by atoms with Gasteiger partial charge in [0.15, 0.2) is 0 Å². The molecule has 0 aliphatic carbocycles. The van der Waals surface area contributed by atoms with E-state index in [2.05, 4.69) is 41.1 Å². The molecule has 0 spiro atoms. The SMILES string of the molecule is CC1CC(N)CCN1Cc1ccc2ncccc2c1. The molecule has 1 saturated heterocycles. The molecule has 1 aliphatic heterocycles. The first kappa shape index (κ1) is 12.6. The van der Waals surface area contributed by atoms with Gasteiger partial charge in [-0.2, -0.15) is 0 Å². The number of piperidine rings is 1. The number of aromatic nitrogens is 1. The Labute approximate surface area is 114 Å². The molecule has 0 radical (unpaired) electrons. The van der Waals surface area contributed by atoms with Crippen LogP contribution in [0.3, 0.4) is 0 Å². The van der Waals surface area contributed by atoms with Crippen molar-refractivity contribution in [2.75, 3.05) is 6.54 Å². The lowest BCUT2D eigenvalue weighted by molar-refractivity contribution is 0.140. The Morgan fingerprint density at radius 3 is 3.11 bits per heavy atom. The quantitative estimate of drug-likeness (QED) is 0.896. The third-order valence-corrected chi connectivity index (χ3v) is 4.11. The minimum atomic E-state index is 0.382. The molecule has 1 fully saturated rings.